The topological polar surface area (TPSA) is 105 Å². The summed E-state index contributed by atoms with van der Waals surface area (Å²) >= 11 is 1.19. The minimum Gasteiger partial charge on any atom is -0.325 e. The monoisotopic (exact) mass is 316 g/mol. The van der Waals surface area contributed by atoms with Gasteiger partial charge in [-0.2, -0.15) is 9.61 Å². The highest BCUT2D eigenvalue weighted by Gasteiger charge is 2.10. The van der Waals surface area contributed by atoms with E-state index in [9.17, 15) is 9.59 Å². The third-order valence-electron chi connectivity index (χ3n) is 2.81. The number of benzene rings is 1. The van der Waals surface area contributed by atoms with Crippen molar-refractivity contribution in [2.24, 2.45) is 0 Å². The van der Waals surface area contributed by atoms with Gasteiger partial charge >= 0.3 is 0 Å². The number of aryl methyl sites for hydroxylation is 1. The van der Waals surface area contributed by atoms with Crippen molar-refractivity contribution in [1.82, 2.24) is 24.8 Å². The van der Waals surface area contributed by atoms with Gasteiger partial charge in [-0.15, -0.1) is 10.2 Å². The predicted molar refractivity (Wildman–Crippen MR) is 81.9 cm³/mol. The Hall–Kier alpha value is -2.68. The molecule has 1 amide bonds. The lowest BCUT2D eigenvalue weighted by atomic mass is 10.2. The maximum atomic E-state index is 11.9. The third-order valence-corrected chi connectivity index (χ3v) is 3.72. The molecule has 0 fully saturated rings. The zero-order valence-corrected chi connectivity index (χ0v) is 12.4. The fourth-order valence-electron chi connectivity index (χ4n) is 1.75. The summed E-state index contributed by atoms with van der Waals surface area (Å²) in [7, 11) is 0. The van der Waals surface area contributed by atoms with E-state index in [-0.39, 0.29) is 23.0 Å². The van der Waals surface area contributed by atoms with Crippen molar-refractivity contribution in [2.45, 2.75) is 12.1 Å². The van der Waals surface area contributed by atoms with E-state index in [0.717, 1.165) is 17.4 Å². The molecule has 0 saturated carbocycles. The first kappa shape index (κ1) is 14.3. The van der Waals surface area contributed by atoms with Crippen molar-refractivity contribution in [3.63, 3.8) is 0 Å². The molecular formula is C13H12N6O2S. The maximum absolute atomic E-state index is 11.9. The first-order valence-electron chi connectivity index (χ1n) is 6.42. The number of hydrogen-bond donors (Lipinski definition) is 2. The van der Waals surface area contributed by atoms with Crippen LogP contribution in [0.5, 0.6) is 0 Å². The number of rotatable bonds is 4. The molecule has 1 aromatic carbocycles. The lowest BCUT2D eigenvalue weighted by Crippen LogP contribution is -2.14. The van der Waals surface area contributed by atoms with E-state index in [4.69, 9.17) is 0 Å². The van der Waals surface area contributed by atoms with Gasteiger partial charge in [0.15, 0.2) is 0 Å². The number of H-pyrrole nitrogens is 1. The molecule has 0 aliphatic carbocycles. The van der Waals surface area contributed by atoms with E-state index in [1.165, 1.54) is 16.3 Å². The fraction of sp³-hybridized carbons (Fsp3) is 0.154. The van der Waals surface area contributed by atoms with Crippen molar-refractivity contribution in [2.75, 3.05) is 11.1 Å². The van der Waals surface area contributed by atoms with Crippen LogP contribution in [0.25, 0.3) is 5.78 Å². The molecule has 2 heterocycles. The molecule has 0 radical (unpaired) electrons. The second kappa shape index (κ2) is 5.98. The third kappa shape index (κ3) is 3.14. The smallest absolute Gasteiger partial charge is 0.271 e. The Kier molecular flexibility index (Phi) is 3.88. The van der Waals surface area contributed by atoms with Crippen LogP contribution in [0, 0.1) is 6.92 Å². The molecule has 0 aliphatic heterocycles. The Morgan fingerprint density at radius 2 is 2.09 bits per heavy atom. The summed E-state index contributed by atoms with van der Waals surface area (Å²) in [4.78, 5) is 25.5. The summed E-state index contributed by atoms with van der Waals surface area (Å²) in [6.45, 7) is 1.98. The van der Waals surface area contributed by atoms with E-state index < -0.39 is 0 Å². The van der Waals surface area contributed by atoms with E-state index in [1.807, 2.05) is 31.2 Å². The van der Waals surface area contributed by atoms with Crippen LogP contribution in [0.15, 0.2) is 40.4 Å². The summed E-state index contributed by atoms with van der Waals surface area (Å²) in [5.41, 5.74) is 1.51. The number of aromatic amines is 1. The van der Waals surface area contributed by atoms with Gasteiger partial charge in [0.1, 0.15) is 6.20 Å². The van der Waals surface area contributed by atoms with Gasteiger partial charge in [-0.3, -0.25) is 14.6 Å². The van der Waals surface area contributed by atoms with Crippen LogP contribution >= 0.6 is 11.8 Å². The molecule has 0 aliphatic rings. The van der Waals surface area contributed by atoms with Crippen molar-refractivity contribution >= 4 is 29.1 Å². The standard InChI is InChI=1S/C13H12N6O2S/c1-8-2-4-9(5-3-8)15-11(21)7-22-13-18-17-12-16-10(20)6-14-19(12)13/h2-6H,7H2,1H3,(H,15,21)(H,16,17,20). The van der Waals surface area contributed by atoms with Gasteiger partial charge in [0.05, 0.1) is 5.75 Å². The summed E-state index contributed by atoms with van der Waals surface area (Å²) in [5.74, 6) is 0.249. The van der Waals surface area contributed by atoms with Crippen LogP contribution in [0.1, 0.15) is 5.56 Å². The minimum atomic E-state index is -0.353. The van der Waals surface area contributed by atoms with Crippen molar-refractivity contribution in [1.29, 1.82) is 0 Å². The maximum Gasteiger partial charge on any atom is 0.271 e. The number of nitrogens with one attached hydrogen (secondary N) is 2. The summed E-state index contributed by atoms with van der Waals surface area (Å²) in [6.07, 6.45) is 1.13. The summed E-state index contributed by atoms with van der Waals surface area (Å²) in [5, 5.41) is 14.8. The molecule has 3 rings (SSSR count). The van der Waals surface area contributed by atoms with Gasteiger partial charge < -0.3 is 5.32 Å². The lowest BCUT2D eigenvalue weighted by Gasteiger charge is -2.04. The molecule has 22 heavy (non-hydrogen) atoms. The van der Waals surface area contributed by atoms with Gasteiger partial charge in [0.25, 0.3) is 11.3 Å². The first-order chi connectivity index (χ1) is 10.6. The van der Waals surface area contributed by atoms with Crippen LogP contribution in [-0.4, -0.2) is 36.5 Å². The molecule has 2 aromatic heterocycles. The summed E-state index contributed by atoms with van der Waals surface area (Å²) in [6, 6.07) is 7.54. The van der Waals surface area contributed by atoms with Gasteiger partial charge in [-0.05, 0) is 19.1 Å². The first-order valence-corrected chi connectivity index (χ1v) is 7.40. The number of carbonyl (C=O) groups is 1. The number of carbonyl (C=O) groups excluding carboxylic acids is 1. The number of amides is 1. The Labute approximate surface area is 129 Å². The highest BCUT2D eigenvalue weighted by molar-refractivity contribution is 7.99. The van der Waals surface area contributed by atoms with Crippen molar-refractivity contribution < 1.29 is 4.79 Å². The number of hydrogen-bond acceptors (Lipinski definition) is 6. The number of fused-ring (bicyclic) bond motifs is 1. The van der Waals surface area contributed by atoms with Crippen LogP contribution in [0.4, 0.5) is 5.69 Å². The lowest BCUT2D eigenvalue weighted by molar-refractivity contribution is -0.113. The zero-order chi connectivity index (χ0) is 15.5. The van der Waals surface area contributed by atoms with Crippen molar-refractivity contribution in [3.05, 3.63) is 46.4 Å². The molecule has 9 heteroatoms. The average Bonchev–Trinajstić information content (AvgIpc) is 2.89. The minimum absolute atomic E-state index is 0.157. The summed E-state index contributed by atoms with van der Waals surface area (Å²) < 4.78 is 1.38. The van der Waals surface area contributed by atoms with E-state index in [0.29, 0.717) is 5.16 Å². The van der Waals surface area contributed by atoms with Crippen LogP contribution in [0.2, 0.25) is 0 Å². The van der Waals surface area contributed by atoms with E-state index >= 15 is 0 Å². The van der Waals surface area contributed by atoms with E-state index in [1.54, 1.807) is 0 Å². The second-order valence-electron chi connectivity index (χ2n) is 4.55. The molecule has 0 unspecified atom stereocenters. The predicted octanol–water partition coefficient (Wildman–Crippen LogP) is 0.852. The van der Waals surface area contributed by atoms with Crippen LogP contribution in [0.3, 0.4) is 0 Å². The van der Waals surface area contributed by atoms with Crippen molar-refractivity contribution in [3.8, 4) is 0 Å². The zero-order valence-electron chi connectivity index (χ0n) is 11.6. The fourth-order valence-corrected chi connectivity index (χ4v) is 2.44. The molecule has 0 saturated heterocycles. The molecule has 3 aromatic rings. The Bertz CT molecular complexity index is 870. The quantitative estimate of drug-likeness (QED) is 0.691. The normalized spacial score (nSPS) is 10.8. The molecular weight excluding hydrogens is 304 g/mol. The van der Waals surface area contributed by atoms with Gasteiger partial charge in [-0.1, -0.05) is 29.5 Å². The highest BCUT2D eigenvalue weighted by atomic mass is 32.2. The molecule has 0 atom stereocenters. The van der Waals surface area contributed by atoms with Crippen LogP contribution in [-0.2, 0) is 4.79 Å². The number of anilines is 1. The second-order valence-corrected chi connectivity index (χ2v) is 5.50. The Morgan fingerprint density at radius 3 is 2.86 bits per heavy atom. The van der Waals surface area contributed by atoms with Gasteiger partial charge in [-0.25, -0.2) is 0 Å². The molecule has 112 valence electrons. The molecule has 0 bridgehead atoms. The molecule has 2 N–H and O–H groups in total. The molecule has 8 nitrogen and oxygen atoms in total. The van der Waals surface area contributed by atoms with E-state index in [2.05, 4.69) is 25.6 Å². The average molecular weight is 316 g/mol. The number of aromatic nitrogens is 5. The van der Waals surface area contributed by atoms with Gasteiger partial charge in [0.2, 0.25) is 11.1 Å². The number of nitrogens with zero attached hydrogens (tertiary/aromatic N) is 4. The van der Waals surface area contributed by atoms with Gasteiger partial charge in [0, 0.05) is 5.69 Å². The number of thioether (sulfide) groups is 1. The Balaban J connectivity index is 1.65. The highest BCUT2D eigenvalue weighted by Crippen LogP contribution is 2.15. The Morgan fingerprint density at radius 1 is 1.32 bits per heavy atom. The molecule has 0 spiro atoms. The van der Waals surface area contributed by atoms with Crippen LogP contribution < -0.4 is 10.9 Å². The largest absolute Gasteiger partial charge is 0.325 e. The SMILES string of the molecule is Cc1ccc(NC(=O)CSc2nnc3[nH]c(=O)cnn23)cc1.